The van der Waals surface area contributed by atoms with Gasteiger partial charge in [0, 0.05) is 30.6 Å². The Kier molecular flexibility index (Phi) is 6.73. The van der Waals surface area contributed by atoms with Crippen molar-refractivity contribution in [1.82, 2.24) is 10.2 Å². The molecule has 7 heteroatoms. The molecule has 0 saturated heterocycles. The van der Waals surface area contributed by atoms with Crippen molar-refractivity contribution >= 4 is 34.4 Å². The van der Waals surface area contributed by atoms with Crippen LogP contribution in [0.15, 0.2) is 12.1 Å². The summed E-state index contributed by atoms with van der Waals surface area (Å²) >= 11 is 2.06. The summed E-state index contributed by atoms with van der Waals surface area (Å²) < 4.78 is 11.1. The quantitative estimate of drug-likeness (QED) is 0.728. The van der Waals surface area contributed by atoms with E-state index in [-0.39, 0.29) is 18.2 Å². The average molecular weight is 406 g/mol. The van der Waals surface area contributed by atoms with E-state index in [9.17, 15) is 9.59 Å². The number of nitrogens with zero attached hydrogens (tertiary/aromatic N) is 1. The maximum atomic E-state index is 12.1. The van der Waals surface area contributed by atoms with Crippen LogP contribution < -0.4 is 14.8 Å². The smallest absolute Gasteiger partial charge is 0.252 e. The standard InChI is InChI=1S/C14H19IN2O4/c1-17(2)13(18)5-6-16-14(19)9-7-11(20-3)12(21-4)8-10(9)15/h7-8H,5-6H2,1-4H3,(H,16,19). The third kappa shape index (κ3) is 4.76. The molecule has 0 heterocycles. The third-order valence-corrected chi connectivity index (χ3v) is 3.73. The summed E-state index contributed by atoms with van der Waals surface area (Å²) in [6.45, 7) is 0.292. The molecule has 2 amide bonds. The van der Waals surface area contributed by atoms with Gasteiger partial charge in [0.25, 0.3) is 5.91 Å². The summed E-state index contributed by atoms with van der Waals surface area (Å²) in [5.74, 6) is 0.790. The number of hydrogen-bond donors (Lipinski definition) is 1. The fourth-order valence-corrected chi connectivity index (χ4v) is 2.31. The van der Waals surface area contributed by atoms with Crippen molar-refractivity contribution in [2.45, 2.75) is 6.42 Å². The highest BCUT2D eigenvalue weighted by Gasteiger charge is 2.15. The van der Waals surface area contributed by atoms with Gasteiger partial charge in [0.15, 0.2) is 11.5 Å². The largest absolute Gasteiger partial charge is 0.493 e. The third-order valence-electron chi connectivity index (χ3n) is 2.84. The molecule has 1 N–H and O–H groups in total. The SMILES string of the molecule is COc1cc(I)c(C(=O)NCCC(=O)N(C)C)cc1OC. The minimum Gasteiger partial charge on any atom is -0.493 e. The van der Waals surface area contributed by atoms with E-state index < -0.39 is 0 Å². The second-order valence-corrected chi connectivity index (χ2v) is 5.64. The topological polar surface area (TPSA) is 67.9 Å². The van der Waals surface area contributed by atoms with Crippen LogP contribution in [0.25, 0.3) is 0 Å². The van der Waals surface area contributed by atoms with Gasteiger partial charge in [0.05, 0.1) is 19.8 Å². The molecule has 0 bridgehead atoms. The lowest BCUT2D eigenvalue weighted by Gasteiger charge is -2.13. The van der Waals surface area contributed by atoms with Crippen LogP contribution in [0.3, 0.4) is 0 Å². The zero-order valence-corrected chi connectivity index (χ0v) is 14.7. The lowest BCUT2D eigenvalue weighted by Crippen LogP contribution is -2.30. The average Bonchev–Trinajstić information content (AvgIpc) is 2.46. The first-order valence-corrected chi connectivity index (χ1v) is 7.38. The van der Waals surface area contributed by atoms with Crippen LogP contribution in [-0.2, 0) is 4.79 Å². The Morgan fingerprint density at radius 1 is 1.19 bits per heavy atom. The highest BCUT2D eigenvalue weighted by atomic mass is 127. The summed E-state index contributed by atoms with van der Waals surface area (Å²) in [6, 6.07) is 3.36. The van der Waals surface area contributed by atoms with Crippen LogP contribution >= 0.6 is 22.6 Å². The first-order chi connectivity index (χ1) is 9.90. The van der Waals surface area contributed by atoms with Crippen LogP contribution in [-0.4, -0.2) is 51.6 Å². The van der Waals surface area contributed by atoms with Gasteiger partial charge in [-0.15, -0.1) is 0 Å². The Morgan fingerprint density at radius 2 is 1.76 bits per heavy atom. The first-order valence-electron chi connectivity index (χ1n) is 6.30. The van der Waals surface area contributed by atoms with Crippen molar-refractivity contribution in [2.24, 2.45) is 0 Å². The maximum Gasteiger partial charge on any atom is 0.252 e. The molecule has 0 aliphatic heterocycles. The van der Waals surface area contributed by atoms with Crippen molar-refractivity contribution in [3.05, 3.63) is 21.3 Å². The zero-order valence-electron chi connectivity index (χ0n) is 12.5. The van der Waals surface area contributed by atoms with Crippen LogP contribution in [0.1, 0.15) is 16.8 Å². The van der Waals surface area contributed by atoms with E-state index in [1.54, 1.807) is 33.3 Å². The number of nitrogens with one attached hydrogen (secondary N) is 1. The molecule has 0 fully saturated rings. The number of hydrogen-bond acceptors (Lipinski definition) is 4. The Labute approximate surface area is 137 Å². The van der Waals surface area contributed by atoms with Crippen molar-refractivity contribution in [1.29, 1.82) is 0 Å². The molecule has 0 spiro atoms. The predicted molar refractivity (Wildman–Crippen MR) is 87.9 cm³/mol. The van der Waals surface area contributed by atoms with E-state index in [1.165, 1.54) is 12.0 Å². The van der Waals surface area contributed by atoms with Gasteiger partial charge in [-0.3, -0.25) is 9.59 Å². The summed E-state index contributed by atoms with van der Waals surface area (Å²) in [4.78, 5) is 25.1. The normalized spacial score (nSPS) is 9.95. The van der Waals surface area contributed by atoms with Crippen LogP contribution in [0.2, 0.25) is 0 Å². The van der Waals surface area contributed by atoms with E-state index in [0.717, 1.165) is 3.57 Å². The van der Waals surface area contributed by atoms with E-state index in [1.807, 2.05) is 0 Å². The number of methoxy groups -OCH3 is 2. The molecular weight excluding hydrogens is 387 g/mol. The summed E-state index contributed by atoms with van der Waals surface area (Å²) in [5.41, 5.74) is 0.491. The van der Waals surface area contributed by atoms with Gasteiger partial charge in [-0.25, -0.2) is 0 Å². The molecule has 0 atom stereocenters. The molecule has 0 aliphatic rings. The number of benzene rings is 1. The summed E-state index contributed by atoms with van der Waals surface area (Å²) in [5, 5.41) is 2.73. The number of rotatable bonds is 6. The van der Waals surface area contributed by atoms with Crippen LogP contribution in [0.4, 0.5) is 0 Å². The molecule has 0 radical (unpaired) electrons. The highest BCUT2D eigenvalue weighted by molar-refractivity contribution is 14.1. The lowest BCUT2D eigenvalue weighted by molar-refractivity contribution is -0.128. The van der Waals surface area contributed by atoms with Gasteiger partial charge in [0.2, 0.25) is 5.91 Å². The maximum absolute atomic E-state index is 12.1. The van der Waals surface area contributed by atoms with E-state index in [4.69, 9.17) is 9.47 Å². The zero-order chi connectivity index (χ0) is 16.0. The fourth-order valence-electron chi connectivity index (χ4n) is 1.63. The van der Waals surface area contributed by atoms with Crippen molar-refractivity contribution in [3.63, 3.8) is 0 Å². The molecule has 116 valence electrons. The number of carbonyl (C=O) groups is 2. The molecule has 0 saturated carbocycles. The monoisotopic (exact) mass is 406 g/mol. The minimum absolute atomic E-state index is 0.0303. The summed E-state index contributed by atoms with van der Waals surface area (Å²) in [7, 11) is 6.42. The van der Waals surface area contributed by atoms with E-state index >= 15 is 0 Å². The van der Waals surface area contributed by atoms with Crippen LogP contribution in [0, 0.1) is 3.57 Å². The Hall–Kier alpha value is -1.51. The lowest BCUT2D eigenvalue weighted by atomic mass is 10.2. The van der Waals surface area contributed by atoms with Crippen LogP contribution in [0.5, 0.6) is 11.5 Å². The molecule has 21 heavy (non-hydrogen) atoms. The second kappa shape index (κ2) is 8.06. The predicted octanol–water partition coefficient (Wildman–Crippen LogP) is 1.52. The van der Waals surface area contributed by atoms with Gasteiger partial charge in [0.1, 0.15) is 0 Å². The first kappa shape index (κ1) is 17.5. The Morgan fingerprint density at radius 3 is 2.29 bits per heavy atom. The Bertz CT molecular complexity index is 532. The molecule has 1 rings (SSSR count). The molecule has 1 aromatic carbocycles. The van der Waals surface area contributed by atoms with Gasteiger partial charge in [-0.2, -0.15) is 0 Å². The molecule has 0 aliphatic carbocycles. The molecule has 6 nitrogen and oxygen atoms in total. The van der Waals surface area contributed by atoms with Gasteiger partial charge in [-0.05, 0) is 34.7 Å². The number of ether oxygens (including phenoxy) is 2. The van der Waals surface area contributed by atoms with Crippen molar-refractivity contribution < 1.29 is 19.1 Å². The molecular formula is C14H19IN2O4. The van der Waals surface area contributed by atoms with Crippen molar-refractivity contribution in [2.75, 3.05) is 34.9 Å². The number of carbonyl (C=O) groups excluding carboxylic acids is 2. The van der Waals surface area contributed by atoms with E-state index in [0.29, 0.717) is 23.6 Å². The molecule has 1 aromatic rings. The van der Waals surface area contributed by atoms with Gasteiger partial charge < -0.3 is 19.7 Å². The number of amides is 2. The van der Waals surface area contributed by atoms with Crippen molar-refractivity contribution in [3.8, 4) is 11.5 Å². The second-order valence-electron chi connectivity index (χ2n) is 4.48. The van der Waals surface area contributed by atoms with Gasteiger partial charge in [-0.1, -0.05) is 0 Å². The minimum atomic E-state index is -0.244. The highest BCUT2D eigenvalue weighted by Crippen LogP contribution is 2.31. The van der Waals surface area contributed by atoms with Gasteiger partial charge >= 0.3 is 0 Å². The van der Waals surface area contributed by atoms with E-state index in [2.05, 4.69) is 27.9 Å². The molecule has 0 aromatic heterocycles. The Balaban J connectivity index is 2.76. The number of halogens is 1. The fraction of sp³-hybridized carbons (Fsp3) is 0.429. The summed E-state index contributed by atoms with van der Waals surface area (Å²) in [6.07, 6.45) is 0.266. The molecule has 0 unspecified atom stereocenters.